The van der Waals surface area contributed by atoms with Crippen LogP contribution in [0.25, 0.3) is 0 Å². The molecule has 0 aromatic rings. The maximum absolute atomic E-state index is 2.47. The summed E-state index contributed by atoms with van der Waals surface area (Å²) in [5.41, 5.74) is 0. The van der Waals surface area contributed by atoms with E-state index in [0.717, 1.165) is 6.04 Å². The molecule has 0 aliphatic rings. The van der Waals surface area contributed by atoms with E-state index in [4.69, 9.17) is 0 Å². The van der Waals surface area contributed by atoms with E-state index in [2.05, 4.69) is 45.0 Å². The molecule has 0 bridgehead atoms. The lowest BCUT2D eigenvalue weighted by molar-refractivity contribution is 0.251. The number of hydrogen-bond acceptors (Lipinski definition) is 1. The Bertz CT molecular complexity index is 320. The molecule has 0 fully saturated rings. The van der Waals surface area contributed by atoms with E-state index in [0.29, 0.717) is 0 Å². The van der Waals surface area contributed by atoms with Gasteiger partial charge in [0, 0.05) is 6.04 Å². The molecule has 1 unspecified atom stereocenters. The van der Waals surface area contributed by atoms with Crippen LogP contribution in [0.5, 0.6) is 0 Å². The van der Waals surface area contributed by atoms with Gasteiger partial charge < -0.3 is 4.90 Å². The predicted molar refractivity (Wildman–Crippen MR) is 135 cm³/mol. The lowest BCUT2D eigenvalue weighted by atomic mass is 9.99. The van der Waals surface area contributed by atoms with E-state index in [-0.39, 0.29) is 0 Å². The fraction of sp³-hybridized carbons (Fsp3) is 0.929. The smallest absolute Gasteiger partial charge is 0.00891 e. The Hall–Kier alpha value is -0.300. The van der Waals surface area contributed by atoms with Gasteiger partial charge in [-0.2, -0.15) is 0 Å². The van der Waals surface area contributed by atoms with Crippen LogP contribution in [-0.4, -0.2) is 25.0 Å². The van der Waals surface area contributed by atoms with Crippen LogP contribution in [-0.2, 0) is 0 Å². The van der Waals surface area contributed by atoms with Gasteiger partial charge in [0.25, 0.3) is 0 Å². The largest absolute Gasteiger partial charge is 0.306 e. The van der Waals surface area contributed by atoms with Crippen molar-refractivity contribution < 1.29 is 0 Å². The Morgan fingerprint density at radius 1 is 0.483 bits per heavy atom. The summed E-state index contributed by atoms with van der Waals surface area (Å²) in [7, 11) is 4.55. The van der Waals surface area contributed by atoms with E-state index < -0.39 is 0 Å². The van der Waals surface area contributed by atoms with Gasteiger partial charge in [-0.1, -0.05) is 122 Å². The van der Waals surface area contributed by atoms with Gasteiger partial charge in [-0.05, 0) is 52.6 Å². The summed E-state index contributed by atoms with van der Waals surface area (Å²) in [6.07, 6.45) is 34.4. The fourth-order valence-corrected chi connectivity index (χ4v) is 4.27. The molecule has 1 nitrogen and oxygen atoms in total. The first-order valence-corrected chi connectivity index (χ1v) is 13.5. The van der Waals surface area contributed by atoms with Gasteiger partial charge in [0.15, 0.2) is 0 Å². The average Bonchev–Trinajstić information content (AvgIpc) is 2.71. The molecule has 0 saturated heterocycles. The van der Waals surface area contributed by atoms with Crippen molar-refractivity contribution in [2.24, 2.45) is 0 Å². The molecule has 0 saturated carbocycles. The normalized spacial score (nSPS) is 13.0. The van der Waals surface area contributed by atoms with Crippen LogP contribution in [0.1, 0.15) is 149 Å². The summed E-state index contributed by atoms with van der Waals surface area (Å²) in [4.78, 5) is 2.47. The average molecular weight is 408 g/mol. The Morgan fingerprint density at radius 3 is 1.21 bits per heavy atom. The highest BCUT2D eigenvalue weighted by atomic mass is 15.1. The lowest BCUT2D eigenvalue weighted by Crippen LogP contribution is -2.27. The van der Waals surface area contributed by atoms with Gasteiger partial charge in [-0.25, -0.2) is 0 Å². The van der Waals surface area contributed by atoms with E-state index in [1.54, 1.807) is 0 Å². The third-order valence-corrected chi connectivity index (χ3v) is 6.42. The highest BCUT2D eigenvalue weighted by Crippen LogP contribution is 2.17. The van der Waals surface area contributed by atoms with Crippen LogP contribution in [0.2, 0.25) is 0 Å². The van der Waals surface area contributed by atoms with E-state index in [1.807, 2.05) is 0 Å². The molecular weight excluding hydrogens is 350 g/mol. The summed E-state index contributed by atoms with van der Waals surface area (Å²) in [5.74, 6) is 0. The number of unbranched alkanes of at least 4 members (excludes halogenated alkanes) is 16. The number of nitrogens with zero attached hydrogens (tertiary/aromatic N) is 1. The molecule has 0 aromatic heterocycles. The zero-order chi connectivity index (χ0) is 21.4. The standard InChI is InChI=1S/C28H57N/c1-5-7-9-11-13-14-15-16-17-18-19-20-21-23-25-27-28(29(3)4)26-24-22-12-10-8-6-2/h16-17,28H,5-15,18-27H2,1-4H3/b17-16-. The Kier molecular flexibility index (Phi) is 23.7. The van der Waals surface area contributed by atoms with Crippen LogP contribution >= 0.6 is 0 Å². The molecular formula is C28H57N. The first kappa shape index (κ1) is 28.7. The van der Waals surface area contributed by atoms with Crippen molar-refractivity contribution in [2.45, 2.75) is 155 Å². The van der Waals surface area contributed by atoms with Crippen LogP contribution in [0.3, 0.4) is 0 Å². The minimum Gasteiger partial charge on any atom is -0.306 e. The summed E-state index contributed by atoms with van der Waals surface area (Å²) in [5, 5.41) is 0. The first-order chi connectivity index (χ1) is 14.2. The van der Waals surface area contributed by atoms with Crippen molar-refractivity contribution >= 4 is 0 Å². The molecule has 29 heavy (non-hydrogen) atoms. The van der Waals surface area contributed by atoms with Gasteiger partial charge in [0.05, 0.1) is 0 Å². The van der Waals surface area contributed by atoms with Crippen molar-refractivity contribution in [2.75, 3.05) is 14.1 Å². The molecule has 1 atom stereocenters. The Labute approximate surface area is 186 Å². The lowest BCUT2D eigenvalue weighted by Gasteiger charge is -2.24. The Morgan fingerprint density at radius 2 is 0.828 bits per heavy atom. The minimum absolute atomic E-state index is 0.811. The van der Waals surface area contributed by atoms with Gasteiger partial charge in [-0.15, -0.1) is 0 Å². The molecule has 0 heterocycles. The number of hydrogen-bond donors (Lipinski definition) is 0. The van der Waals surface area contributed by atoms with Gasteiger partial charge >= 0.3 is 0 Å². The van der Waals surface area contributed by atoms with Crippen LogP contribution in [0, 0.1) is 0 Å². The molecule has 0 aromatic carbocycles. The van der Waals surface area contributed by atoms with Crippen LogP contribution in [0.15, 0.2) is 12.2 Å². The molecule has 174 valence electrons. The van der Waals surface area contributed by atoms with Crippen LogP contribution in [0.4, 0.5) is 0 Å². The van der Waals surface area contributed by atoms with Crippen molar-refractivity contribution in [3.05, 3.63) is 12.2 Å². The topological polar surface area (TPSA) is 3.24 Å². The van der Waals surface area contributed by atoms with E-state index in [9.17, 15) is 0 Å². The third-order valence-electron chi connectivity index (χ3n) is 6.42. The molecule has 0 rings (SSSR count). The molecule has 1 heteroatoms. The molecule has 0 N–H and O–H groups in total. The maximum Gasteiger partial charge on any atom is 0.00891 e. The van der Waals surface area contributed by atoms with E-state index in [1.165, 1.54) is 135 Å². The molecule has 0 radical (unpaired) electrons. The zero-order valence-electron chi connectivity index (χ0n) is 21.0. The quantitative estimate of drug-likeness (QED) is 0.120. The highest BCUT2D eigenvalue weighted by Gasteiger charge is 2.10. The fourth-order valence-electron chi connectivity index (χ4n) is 4.27. The van der Waals surface area contributed by atoms with Crippen molar-refractivity contribution in [3.8, 4) is 0 Å². The maximum atomic E-state index is 2.47. The van der Waals surface area contributed by atoms with Crippen molar-refractivity contribution in [1.29, 1.82) is 0 Å². The van der Waals surface area contributed by atoms with Crippen molar-refractivity contribution in [1.82, 2.24) is 4.90 Å². The number of rotatable bonds is 23. The second-order valence-corrected chi connectivity index (χ2v) is 9.55. The monoisotopic (exact) mass is 407 g/mol. The second kappa shape index (κ2) is 24.0. The highest BCUT2D eigenvalue weighted by molar-refractivity contribution is 4.81. The second-order valence-electron chi connectivity index (χ2n) is 9.55. The molecule has 0 amide bonds. The third kappa shape index (κ3) is 22.2. The predicted octanol–water partition coefficient (Wildman–Crippen LogP) is 9.70. The van der Waals surface area contributed by atoms with Crippen LogP contribution < -0.4 is 0 Å². The SMILES string of the molecule is CCCCCCCC/C=C\CCCCCCCC(CCCCCCCC)N(C)C. The van der Waals surface area contributed by atoms with Crippen molar-refractivity contribution in [3.63, 3.8) is 0 Å². The molecule has 0 aliphatic heterocycles. The Balaban J connectivity index is 3.44. The van der Waals surface area contributed by atoms with E-state index >= 15 is 0 Å². The zero-order valence-corrected chi connectivity index (χ0v) is 21.0. The first-order valence-electron chi connectivity index (χ1n) is 13.5. The summed E-state index contributed by atoms with van der Waals surface area (Å²) >= 11 is 0. The number of allylic oxidation sites excluding steroid dienone is 2. The molecule has 0 spiro atoms. The van der Waals surface area contributed by atoms with Gasteiger partial charge in [0.1, 0.15) is 0 Å². The summed E-state index contributed by atoms with van der Waals surface area (Å²) in [6, 6.07) is 0.811. The van der Waals surface area contributed by atoms with Gasteiger partial charge in [-0.3, -0.25) is 0 Å². The van der Waals surface area contributed by atoms with Gasteiger partial charge in [0.2, 0.25) is 0 Å². The minimum atomic E-state index is 0.811. The summed E-state index contributed by atoms with van der Waals surface area (Å²) in [6.45, 7) is 4.59. The summed E-state index contributed by atoms with van der Waals surface area (Å²) < 4.78 is 0. The molecule has 0 aliphatic carbocycles.